The zero-order valence-electron chi connectivity index (χ0n) is 13.0. The Balaban J connectivity index is 2.09. The van der Waals surface area contributed by atoms with Crippen molar-refractivity contribution in [2.45, 2.75) is 45.8 Å². The molecule has 1 heterocycles. The summed E-state index contributed by atoms with van der Waals surface area (Å²) in [5.41, 5.74) is 0.368. The van der Waals surface area contributed by atoms with Gasteiger partial charge in [-0.3, -0.25) is 10.1 Å². The lowest BCUT2D eigenvalue weighted by molar-refractivity contribution is -0.386. The number of aromatic nitrogens is 1. The van der Waals surface area contributed by atoms with Crippen LogP contribution in [0.25, 0.3) is 0 Å². The summed E-state index contributed by atoms with van der Waals surface area (Å²) < 4.78 is 0. The molecular formula is C15H22ClN3O3. The van der Waals surface area contributed by atoms with Gasteiger partial charge in [-0.2, -0.15) is 0 Å². The molecule has 2 unspecified atom stereocenters. The third-order valence-electron chi connectivity index (χ3n) is 4.46. The van der Waals surface area contributed by atoms with E-state index in [1.165, 1.54) is 12.3 Å². The first kappa shape index (κ1) is 17.1. The first-order chi connectivity index (χ1) is 10.3. The number of halogens is 1. The fourth-order valence-electron chi connectivity index (χ4n) is 2.85. The summed E-state index contributed by atoms with van der Waals surface area (Å²) in [5, 5.41) is 25.0. The SMILES string of the molecule is CC(NCC1(C(O)C(C)C)CC1)c1cc(Cl)ncc1[N+](=O)[O-]. The van der Waals surface area contributed by atoms with Gasteiger partial charge in [-0.15, -0.1) is 0 Å². The topological polar surface area (TPSA) is 88.3 Å². The highest BCUT2D eigenvalue weighted by Crippen LogP contribution is 2.50. The van der Waals surface area contributed by atoms with E-state index in [0.29, 0.717) is 12.1 Å². The molecule has 0 saturated heterocycles. The minimum absolute atomic E-state index is 0.0429. The summed E-state index contributed by atoms with van der Waals surface area (Å²) in [6.45, 7) is 6.49. The molecule has 6 nitrogen and oxygen atoms in total. The molecule has 22 heavy (non-hydrogen) atoms. The van der Waals surface area contributed by atoms with E-state index in [0.717, 1.165) is 12.8 Å². The van der Waals surface area contributed by atoms with Crippen LogP contribution in [0.3, 0.4) is 0 Å². The molecule has 0 aromatic carbocycles. The van der Waals surface area contributed by atoms with E-state index >= 15 is 0 Å². The monoisotopic (exact) mass is 327 g/mol. The van der Waals surface area contributed by atoms with Gasteiger partial charge in [-0.1, -0.05) is 25.4 Å². The van der Waals surface area contributed by atoms with Gasteiger partial charge in [0, 0.05) is 18.0 Å². The quantitative estimate of drug-likeness (QED) is 0.456. The molecule has 0 bridgehead atoms. The molecule has 7 heteroatoms. The molecular weight excluding hydrogens is 306 g/mol. The lowest BCUT2D eigenvalue weighted by Crippen LogP contribution is -2.37. The summed E-state index contributed by atoms with van der Waals surface area (Å²) in [6, 6.07) is 1.29. The van der Waals surface area contributed by atoms with E-state index < -0.39 is 4.92 Å². The van der Waals surface area contributed by atoms with Gasteiger partial charge >= 0.3 is 0 Å². The van der Waals surface area contributed by atoms with E-state index in [4.69, 9.17) is 11.6 Å². The van der Waals surface area contributed by atoms with Crippen molar-refractivity contribution in [1.82, 2.24) is 10.3 Å². The van der Waals surface area contributed by atoms with Gasteiger partial charge in [-0.25, -0.2) is 4.98 Å². The Bertz CT molecular complexity index is 561. The van der Waals surface area contributed by atoms with Crippen molar-refractivity contribution in [3.05, 3.63) is 33.1 Å². The van der Waals surface area contributed by atoms with E-state index in [1.807, 2.05) is 20.8 Å². The molecule has 1 saturated carbocycles. The number of aliphatic hydroxyl groups is 1. The van der Waals surface area contributed by atoms with Gasteiger partial charge in [0.15, 0.2) is 0 Å². The molecule has 0 aliphatic heterocycles. The number of hydrogen-bond acceptors (Lipinski definition) is 5. The number of aliphatic hydroxyl groups excluding tert-OH is 1. The van der Waals surface area contributed by atoms with Crippen LogP contribution in [-0.4, -0.2) is 27.7 Å². The smallest absolute Gasteiger partial charge is 0.292 e. The highest BCUT2D eigenvalue weighted by molar-refractivity contribution is 6.29. The van der Waals surface area contributed by atoms with Crippen LogP contribution in [0.5, 0.6) is 0 Å². The van der Waals surface area contributed by atoms with E-state index in [9.17, 15) is 15.2 Å². The van der Waals surface area contributed by atoms with Crippen LogP contribution in [0.2, 0.25) is 5.15 Å². The van der Waals surface area contributed by atoms with Crippen molar-refractivity contribution >= 4 is 17.3 Å². The number of hydrogen-bond donors (Lipinski definition) is 2. The van der Waals surface area contributed by atoms with E-state index in [1.54, 1.807) is 0 Å². The number of nitrogens with one attached hydrogen (secondary N) is 1. The molecule has 0 radical (unpaired) electrons. The average Bonchev–Trinajstić information content (AvgIpc) is 3.24. The van der Waals surface area contributed by atoms with E-state index in [2.05, 4.69) is 10.3 Å². The Kier molecular flexibility index (Phi) is 5.04. The number of pyridine rings is 1. The summed E-state index contributed by atoms with van der Waals surface area (Å²) in [4.78, 5) is 14.4. The average molecular weight is 328 g/mol. The minimum atomic E-state index is -0.452. The molecule has 1 aliphatic carbocycles. The minimum Gasteiger partial charge on any atom is -0.392 e. The summed E-state index contributed by atoms with van der Waals surface area (Å²) in [7, 11) is 0. The van der Waals surface area contributed by atoms with Crippen molar-refractivity contribution in [1.29, 1.82) is 0 Å². The van der Waals surface area contributed by atoms with Crippen molar-refractivity contribution in [2.75, 3.05) is 6.54 Å². The van der Waals surface area contributed by atoms with Gasteiger partial charge in [0.25, 0.3) is 5.69 Å². The van der Waals surface area contributed by atoms with Gasteiger partial charge in [0.05, 0.1) is 16.6 Å². The summed E-state index contributed by atoms with van der Waals surface area (Å²) >= 11 is 5.86. The maximum Gasteiger partial charge on any atom is 0.292 e. The predicted molar refractivity (Wildman–Crippen MR) is 84.8 cm³/mol. The first-order valence-corrected chi connectivity index (χ1v) is 7.86. The second-order valence-corrected chi connectivity index (χ2v) is 6.86. The van der Waals surface area contributed by atoms with Crippen LogP contribution in [0, 0.1) is 21.4 Å². The largest absolute Gasteiger partial charge is 0.392 e. The van der Waals surface area contributed by atoms with Crippen molar-refractivity contribution in [2.24, 2.45) is 11.3 Å². The van der Waals surface area contributed by atoms with E-state index in [-0.39, 0.29) is 34.3 Å². The molecule has 2 atom stereocenters. The molecule has 0 spiro atoms. The fraction of sp³-hybridized carbons (Fsp3) is 0.667. The predicted octanol–water partition coefficient (Wildman–Crippen LogP) is 3.09. The lowest BCUT2D eigenvalue weighted by Gasteiger charge is -2.27. The number of nitro groups is 1. The molecule has 0 amide bonds. The van der Waals surface area contributed by atoms with Gasteiger partial charge in [-0.05, 0) is 31.7 Å². The highest BCUT2D eigenvalue weighted by atomic mass is 35.5. The highest BCUT2D eigenvalue weighted by Gasteiger charge is 2.49. The zero-order chi connectivity index (χ0) is 16.5. The summed E-state index contributed by atoms with van der Waals surface area (Å²) in [5.74, 6) is 0.198. The Labute approximate surface area is 135 Å². The molecule has 1 fully saturated rings. The summed E-state index contributed by atoms with van der Waals surface area (Å²) in [6.07, 6.45) is 2.78. The third-order valence-corrected chi connectivity index (χ3v) is 4.66. The molecule has 122 valence electrons. The molecule has 2 rings (SSSR count). The van der Waals surface area contributed by atoms with Crippen LogP contribution in [0.1, 0.15) is 45.2 Å². The Morgan fingerprint density at radius 2 is 2.14 bits per heavy atom. The van der Waals surface area contributed by atoms with Crippen LogP contribution < -0.4 is 5.32 Å². The Morgan fingerprint density at radius 3 is 2.64 bits per heavy atom. The Morgan fingerprint density at radius 1 is 1.50 bits per heavy atom. The standard InChI is InChI=1S/C15H22ClN3O3/c1-9(2)14(20)15(4-5-15)8-18-10(3)11-6-13(16)17-7-12(11)19(21)22/h6-7,9-10,14,18,20H,4-5,8H2,1-3H3. The fourth-order valence-corrected chi connectivity index (χ4v) is 3.01. The maximum atomic E-state index is 11.1. The Hall–Kier alpha value is -1.24. The molecule has 2 N–H and O–H groups in total. The molecule has 1 aromatic rings. The van der Waals surface area contributed by atoms with Crippen LogP contribution in [0.15, 0.2) is 12.3 Å². The molecule has 1 aliphatic rings. The second-order valence-electron chi connectivity index (χ2n) is 6.48. The van der Waals surface area contributed by atoms with Crippen molar-refractivity contribution in [3.8, 4) is 0 Å². The van der Waals surface area contributed by atoms with Crippen LogP contribution in [0.4, 0.5) is 5.69 Å². The second kappa shape index (κ2) is 6.48. The van der Waals surface area contributed by atoms with Gasteiger partial charge in [0.2, 0.25) is 0 Å². The van der Waals surface area contributed by atoms with Gasteiger partial charge < -0.3 is 10.4 Å². The molecule has 1 aromatic heterocycles. The van der Waals surface area contributed by atoms with Crippen LogP contribution in [-0.2, 0) is 0 Å². The van der Waals surface area contributed by atoms with Crippen molar-refractivity contribution in [3.63, 3.8) is 0 Å². The lowest BCUT2D eigenvalue weighted by atomic mass is 9.90. The van der Waals surface area contributed by atoms with Crippen molar-refractivity contribution < 1.29 is 10.0 Å². The normalized spacial score (nSPS) is 19.0. The number of rotatable bonds is 7. The first-order valence-electron chi connectivity index (χ1n) is 7.48. The number of nitrogens with zero attached hydrogens (tertiary/aromatic N) is 2. The van der Waals surface area contributed by atoms with Gasteiger partial charge in [0.1, 0.15) is 11.3 Å². The van der Waals surface area contributed by atoms with Crippen LogP contribution >= 0.6 is 11.6 Å². The maximum absolute atomic E-state index is 11.1. The zero-order valence-corrected chi connectivity index (χ0v) is 13.8. The third kappa shape index (κ3) is 3.56.